The molecule has 0 saturated heterocycles. The van der Waals surface area contributed by atoms with Gasteiger partial charge in [0.05, 0.1) is 6.10 Å². The van der Waals surface area contributed by atoms with E-state index in [1.165, 1.54) is 25.7 Å². The van der Waals surface area contributed by atoms with Crippen molar-refractivity contribution in [1.82, 2.24) is 5.32 Å². The summed E-state index contributed by atoms with van der Waals surface area (Å²) in [6.45, 7) is 9.83. The van der Waals surface area contributed by atoms with Gasteiger partial charge in [-0.3, -0.25) is 4.79 Å². The van der Waals surface area contributed by atoms with Gasteiger partial charge in [-0.05, 0) is 31.6 Å². The lowest BCUT2D eigenvalue weighted by molar-refractivity contribution is -0.170. The van der Waals surface area contributed by atoms with Crippen molar-refractivity contribution >= 4 is 5.91 Å². The molecule has 0 aromatic carbocycles. The summed E-state index contributed by atoms with van der Waals surface area (Å²) in [5, 5.41) is 3.11. The molecule has 2 rings (SSSR count). The van der Waals surface area contributed by atoms with Crippen LogP contribution < -0.4 is 11.1 Å². The fourth-order valence-corrected chi connectivity index (χ4v) is 3.75. The topological polar surface area (TPSA) is 64.3 Å². The van der Waals surface area contributed by atoms with Crippen LogP contribution in [0.3, 0.4) is 0 Å². The fourth-order valence-electron chi connectivity index (χ4n) is 3.75. The van der Waals surface area contributed by atoms with Gasteiger partial charge in [-0.1, -0.05) is 33.6 Å². The number of nitrogens with one attached hydrogen (secondary N) is 1. The van der Waals surface area contributed by atoms with Crippen LogP contribution in [0.4, 0.5) is 0 Å². The van der Waals surface area contributed by atoms with E-state index in [1.54, 1.807) is 0 Å². The zero-order valence-electron chi connectivity index (χ0n) is 14.1. The summed E-state index contributed by atoms with van der Waals surface area (Å²) in [5.74, 6) is 1.47. The van der Waals surface area contributed by atoms with Crippen LogP contribution >= 0.6 is 0 Å². The maximum atomic E-state index is 12.5. The number of carbonyl (C=O) groups is 1. The highest BCUT2D eigenvalue weighted by atomic mass is 16.5. The predicted molar refractivity (Wildman–Crippen MR) is 84.9 cm³/mol. The zero-order chi connectivity index (χ0) is 15.7. The average Bonchev–Trinajstić information content (AvgIpc) is 2.45. The SMILES string of the molecule is CCOC1CC(N)(C(=O)NCC2CCC(C)CC2)C1(C)C. The fraction of sp³-hybridized carbons (Fsp3) is 0.941. The Labute approximate surface area is 129 Å². The molecule has 2 saturated carbocycles. The molecule has 4 heteroatoms. The van der Waals surface area contributed by atoms with E-state index >= 15 is 0 Å². The first-order valence-corrected chi connectivity index (χ1v) is 8.50. The molecule has 2 atom stereocenters. The van der Waals surface area contributed by atoms with Crippen LogP contribution in [0.1, 0.15) is 59.8 Å². The second-order valence-electron chi connectivity index (χ2n) is 7.68. The Morgan fingerprint density at radius 3 is 2.43 bits per heavy atom. The Hall–Kier alpha value is -0.610. The largest absolute Gasteiger partial charge is 0.378 e. The van der Waals surface area contributed by atoms with Crippen LogP contribution in [0.5, 0.6) is 0 Å². The summed E-state index contributed by atoms with van der Waals surface area (Å²) in [5.41, 5.74) is 5.31. The van der Waals surface area contributed by atoms with E-state index in [9.17, 15) is 4.79 Å². The van der Waals surface area contributed by atoms with Crippen LogP contribution in [-0.2, 0) is 9.53 Å². The van der Waals surface area contributed by atoms with Crippen LogP contribution in [-0.4, -0.2) is 30.7 Å². The van der Waals surface area contributed by atoms with Gasteiger partial charge in [0.25, 0.3) is 0 Å². The maximum Gasteiger partial charge on any atom is 0.240 e. The van der Waals surface area contributed by atoms with Crippen LogP contribution in [0.25, 0.3) is 0 Å². The molecule has 0 aromatic heterocycles. The normalized spacial score (nSPS) is 38.6. The molecule has 0 spiro atoms. The Kier molecular flexibility index (Phi) is 4.99. The van der Waals surface area contributed by atoms with E-state index < -0.39 is 5.54 Å². The molecule has 3 N–H and O–H groups in total. The molecule has 0 bridgehead atoms. The van der Waals surface area contributed by atoms with Crippen molar-refractivity contribution in [3.63, 3.8) is 0 Å². The first kappa shape index (κ1) is 16.8. The maximum absolute atomic E-state index is 12.5. The van der Waals surface area contributed by atoms with Gasteiger partial charge < -0.3 is 15.8 Å². The lowest BCUT2D eigenvalue weighted by Gasteiger charge is -2.57. The van der Waals surface area contributed by atoms with Gasteiger partial charge in [-0.15, -0.1) is 0 Å². The third kappa shape index (κ3) is 3.11. The van der Waals surface area contributed by atoms with Gasteiger partial charge in [0.1, 0.15) is 5.54 Å². The van der Waals surface area contributed by atoms with Gasteiger partial charge in [0, 0.05) is 25.0 Å². The second-order valence-corrected chi connectivity index (χ2v) is 7.68. The van der Waals surface area contributed by atoms with Gasteiger partial charge in [0.2, 0.25) is 5.91 Å². The minimum absolute atomic E-state index is 0.00192. The molecule has 21 heavy (non-hydrogen) atoms. The van der Waals surface area contributed by atoms with Crippen molar-refractivity contribution < 1.29 is 9.53 Å². The molecule has 0 aliphatic heterocycles. The quantitative estimate of drug-likeness (QED) is 0.819. The Morgan fingerprint density at radius 1 is 1.29 bits per heavy atom. The van der Waals surface area contributed by atoms with Crippen LogP contribution in [0.15, 0.2) is 0 Å². The molecule has 4 nitrogen and oxygen atoms in total. The predicted octanol–water partition coefficient (Wildman–Crippen LogP) is 2.46. The minimum atomic E-state index is -0.783. The highest BCUT2D eigenvalue weighted by Crippen LogP contribution is 2.49. The van der Waals surface area contributed by atoms with Crippen molar-refractivity contribution in [3.8, 4) is 0 Å². The Bertz CT molecular complexity index is 375. The van der Waals surface area contributed by atoms with Crippen molar-refractivity contribution in [2.45, 2.75) is 71.4 Å². The summed E-state index contributed by atoms with van der Waals surface area (Å²) in [7, 11) is 0. The molecule has 0 radical (unpaired) electrons. The number of carbonyl (C=O) groups excluding carboxylic acids is 1. The van der Waals surface area contributed by atoms with Gasteiger partial charge in [-0.25, -0.2) is 0 Å². The number of amides is 1. The Morgan fingerprint density at radius 2 is 1.90 bits per heavy atom. The molecule has 122 valence electrons. The first-order valence-electron chi connectivity index (χ1n) is 8.50. The van der Waals surface area contributed by atoms with E-state index in [4.69, 9.17) is 10.5 Å². The number of hydrogen-bond acceptors (Lipinski definition) is 3. The molecule has 2 aliphatic rings. The van der Waals surface area contributed by atoms with Gasteiger partial charge in [0.15, 0.2) is 0 Å². The number of ether oxygens (including phenoxy) is 1. The summed E-state index contributed by atoms with van der Waals surface area (Å²) >= 11 is 0. The van der Waals surface area contributed by atoms with E-state index in [0.29, 0.717) is 18.9 Å². The summed E-state index contributed by atoms with van der Waals surface area (Å²) < 4.78 is 5.68. The van der Waals surface area contributed by atoms with E-state index in [-0.39, 0.29) is 17.4 Å². The molecule has 0 heterocycles. The number of nitrogens with two attached hydrogens (primary N) is 1. The zero-order valence-corrected chi connectivity index (χ0v) is 14.1. The Balaban J connectivity index is 1.83. The van der Waals surface area contributed by atoms with Crippen LogP contribution in [0, 0.1) is 17.3 Å². The van der Waals surface area contributed by atoms with E-state index in [2.05, 4.69) is 12.2 Å². The molecule has 1 amide bonds. The van der Waals surface area contributed by atoms with Crippen LogP contribution in [0.2, 0.25) is 0 Å². The highest BCUT2D eigenvalue weighted by Gasteiger charge is 2.62. The monoisotopic (exact) mass is 296 g/mol. The molecule has 2 unspecified atom stereocenters. The molecule has 2 aliphatic carbocycles. The third-order valence-corrected chi connectivity index (χ3v) is 5.92. The summed E-state index contributed by atoms with van der Waals surface area (Å²) in [4.78, 5) is 12.5. The molecule has 0 aromatic rings. The lowest BCUT2D eigenvalue weighted by atomic mass is 9.54. The number of hydrogen-bond donors (Lipinski definition) is 2. The molecular weight excluding hydrogens is 264 g/mol. The standard InChI is InChI=1S/C17H32N2O2/c1-5-21-14-10-17(18,16(14,3)4)15(20)19-11-13-8-6-12(2)7-9-13/h12-14H,5-11,18H2,1-4H3,(H,19,20). The highest BCUT2D eigenvalue weighted by molar-refractivity contribution is 5.88. The second kappa shape index (κ2) is 6.25. The third-order valence-electron chi connectivity index (χ3n) is 5.92. The first-order chi connectivity index (χ1) is 9.81. The average molecular weight is 296 g/mol. The van der Waals surface area contributed by atoms with Gasteiger partial charge in [-0.2, -0.15) is 0 Å². The van der Waals surface area contributed by atoms with Crippen molar-refractivity contribution in [1.29, 1.82) is 0 Å². The summed E-state index contributed by atoms with van der Waals surface area (Å²) in [6.07, 6.45) is 5.74. The molecule has 2 fully saturated rings. The van der Waals surface area contributed by atoms with Crippen molar-refractivity contribution in [2.24, 2.45) is 23.0 Å². The lowest BCUT2D eigenvalue weighted by Crippen LogP contribution is -2.75. The van der Waals surface area contributed by atoms with E-state index in [0.717, 1.165) is 12.5 Å². The van der Waals surface area contributed by atoms with Gasteiger partial charge >= 0.3 is 0 Å². The summed E-state index contributed by atoms with van der Waals surface area (Å²) in [6, 6.07) is 0. The van der Waals surface area contributed by atoms with Crippen molar-refractivity contribution in [3.05, 3.63) is 0 Å². The van der Waals surface area contributed by atoms with Crippen molar-refractivity contribution in [2.75, 3.05) is 13.2 Å². The molecular formula is C17H32N2O2. The smallest absolute Gasteiger partial charge is 0.240 e. The minimum Gasteiger partial charge on any atom is -0.378 e. The van der Waals surface area contributed by atoms with E-state index in [1.807, 2.05) is 20.8 Å². The number of rotatable bonds is 5.